The number of nitrogens with zero attached hydrogens (tertiary/aromatic N) is 3. The molecule has 0 unspecified atom stereocenters. The molecule has 0 radical (unpaired) electrons. The molecule has 4 aromatic rings. The molecule has 0 fully saturated rings. The van der Waals surface area contributed by atoms with Gasteiger partial charge in [0, 0.05) is 17.3 Å². The van der Waals surface area contributed by atoms with Gasteiger partial charge in [0.15, 0.2) is 6.61 Å². The first-order valence-electron chi connectivity index (χ1n) is 11.4. The molecule has 4 rings (SSSR count). The molecule has 9 heteroatoms. The van der Waals surface area contributed by atoms with Crippen molar-refractivity contribution < 1.29 is 19.1 Å². The third-order valence-corrected chi connectivity index (χ3v) is 5.30. The molecule has 2 N–H and O–H groups in total. The lowest BCUT2D eigenvalue weighted by atomic mass is 10.1. The summed E-state index contributed by atoms with van der Waals surface area (Å²) in [5.74, 6) is -1.24. The Balaban J connectivity index is 1.43. The molecule has 0 saturated heterocycles. The van der Waals surface area contributed by atoms with Crippen molar-refractivity contribution in [3.8, 4) is 23.0 Å². The number of carbonyl (C=O) groups is 3. The summed E-state index contributed by atoms with van der Waals surface area (Å²) in [6, 6.07) is 26.7. The Bertz CT molecular complexity index is 1450. The lowest BCUT2D eigenvalue weighted by molar-refractivity contribution is -0.119. The molecule has 0 atom stereocenters. The number of amides is 2. The first-order valence-corrected chi connectivity index (χ1v) is 11.4. The maximum absolute atomic E-state index is 12.7. The lowest BCUT2D eigenvalue weighted by Crippen LogP contribution is -2.22. The van der Waals surface area contributed by atoms with Gasteiger partial charge >= 0.3 is 5.97 Å². The van der Waals surface area contributed by atoms with Gasteiger partial charge in [-0.05, 0) is 43.3 Å². The average molecular weight is 494 g/mol. The second-order valence-electron chi connectivity index (χ2n) is 8.11. The zero-order valence-corrected chi connectivity index (χ0v) is 20.0. The third kappa shape index (κ3) is 6.46. The average Bonchev–Trinajstić information content (AvgIpc) is 3.32. The van der Waals surface area contributed by atoms with Gasteiger partial charge in [-0.3, -0.25) is 9.59 Å². The van der Waals surface area contributed by atoms with Crippen LogP contribution in [-0.4, -0.2) is 34.2 Å². The Morgan fingerprint density at radius 1 is 0.919 bits per heavy atom. The van der Waals surface area contributed by atoms with Gasteiger partial charge in [-0.2, -0.15) is 10.4 Å². The summed E-state index contributed by atoms with van der Waals surface area (Å²) in [4.78, 5) is 36.5. The summed E-state index contributed by atoms with van der Waals surface area (Å²) in [6.07, 6.45) is -0.269. The predicted molar refractivity (Wildman–Crippen MR) is 138 cm³/mol. The second kappa shape index (κ2) is 11.5. The summed E-state index contributed by atoms with van der Waals surface area (Å²) in [5.41, 5.74) is 4.11. The first kappa shape index (κ1) is 24.9. The number of esters is 1. The quantitative estimate of drug-likeness (QED) is 0.348. The van der Waals surface area contributed by atoms with E-state index >= 15 is 0 Å². The molecule has 3 aromatic carbocycles. The van der Waals surface area contributed by atoms with Gasteiger partial charge in [-0.25, -0.2) is 9.48 Å². The number of hydrogen-bond acceptors (Lipinski definition) is 6. The van der Waals surface area contributed by atoms with Crippen LogP contribution in [0.2, 0.25) is 0 Å². The lowest BCUT2D eigenvalue weighted by Gasteiger charge is -2.09. The molecule has 2 amide bonds. The molecular weight excluding hydrogens is 470 g/mol. The Morgan fingerprint density at radius 3 is 2.30 bits per heavy atom. The Kier molecular flexibility index (Phi) is 7.71. The third-order valence-electron chi connectivity index (χ3n) is 5.30. The van der Waals surface area contributed by atoms with Crippen molar-refractivity contribution in [3.63, 3.8) is 0 Å². The van der Waals surface area contributed by atoms with Gasteiger partial charge in [-0.1, -0.05) is 48.0 Å². The number of rotatable bonds is 8. The maximum Gasteiger partial charge on any atom is 0.338 e. The van der Waals surface area contributed by atoms with Crippen molar-refractivity contribution in [2.24, 2.45) is 0 Å². The minimum Gasteiger partial charge on any atom is -0.452 e. The van der Waals surface area contributed by atoms with Crippen molar-refractivity contribution in [3.05, 3.63) is 96.1 Å². The maximum atomic E-state index is 12.7. The molecule has 0 saturated carbocycles. The molecule has 1 heterocycles. The zero-order chi connectivity index (χ0) is 26.2. The molecule has 0 aliphatic heterocycles. The van der Waals surface area contributed by atoms with E-state index in [2.05, 4.69) is 15.7 Å². The molecule has 1 aromatic heterocycles. The van der Waals surface area contributed by atoms with Gasteiger partial charge in [0.05, 0.1) is 23.0 Å². The van der Waals surface area contributed by atoms with E-state index in [9.17, 15) is 14.4 Å². The highest BCUT2D eigenvalue weighted by Gasteiger charge is 2.16. The normalized spacial score (nSPS) is 10.3. The largest absolute Gasteiger partial charge is 0.452 e. The van der Waals surface area contributed by atoms with E-state index in [1.54, 1.807) is 16.8 Å². The number of anilines is 2. The van der Waals surface area contributed by atoms with E-state index in [0.717, 1.165) is 16.8 Å². The van der Waals surface area contributed by atoms with Crippen LogP contribution in [0.1, 0.15) is 22.3 Å². The minimum atomic E-state index is -0.693. The highest BCUT2D eigenvalue weighted by atomic mass is 16.5. The van der Waals surface area contributed by atoms with E-state index in [4.69, 9.17) is 10.00 Å². The predicted octanol–water partition coefficient (Wildman–Crippen LogP) is 4.50. The number of nitriles is 1. The fourth-order valence-electron chi connectivity index (χ4n) is 3.46. The van der Waals surface area contributed by atoms with E-state index in [1.165, 1.54) is 24.3 Å². The van der Waals surface area contributed by atoms with Crippen LogP contribution in [0.5, 0.6) is 0 Å². The summed E-state index contributed by atoms with van der Waals surface area (Å²) < 4.78 is 6.78. The SMILES string of the molecule is Cc1ccc(-c2cc(NC(=O)COC(=O)c3ccc(NC(=O)CC#N)cc3)n(-c3ccccc3)n2)cc1. The van der Waals surface area contributed by atoms with Crippen molar-refractivity contribution in [1.82, 2.24) is 9.78 Å². The second-order valence-corrected chi connectivity index (χ2v) is 8.11. The fourth-order valence-corrected chi connectivity index (χ4v) is 3.46. The highest BCUT2D eigenvalue weighted by Crippen LogP contribution is 2.25. The van der Waals surface area contributed by atoms with Crippen LogP contribution >= 0.6 is 0 Å². The molecule has 0 bridgehead atoms. The number of ether oxygens (including phenoxy) is 1. The van der Waals surface area contributed by atoms with Crippen molar-refractivity contribution in [1.29, 1.82) is 5.26 Å². The van der Waals surface area contributed by atoms with Gasteiger partial charge in [0.1, 0.15) is 12.2 Å². The van der Waals surface area contributed by atoms with Crippen LogP contribution < -0.4 is 10.6 Å². The molecular formula is C28H23N5O4. The van der Waals surface area contributed by atoms with Crippen LogP contribution in [-0.2, 0) is 14.3 Å². The van der Waals surface area contributed by atoms with E-state index < -0.39 is 24.4 Å². The number of hydrogen-bond donors (Lipinski definition) is 2. The van der Waals surface area contributed by atoms with Gasteiger partial charge in [0.25, 0.3) is 5.91 Å². The van der Waals surface area contributed by atoms with Crippen molar-refractivity contribution >= 4 is 29.3 Å². The standard InChI is InChI=1S/C28H23N5O4/c1-19-7-9-20(10-8-19)24-17-25(33(32-24)23-5-3-2-4-6-23)31-27(35)18-37-28(36)21-11-13-22(14-12-21)30-26(34)15-16-29/h2-14,17H,15,18H2,1H3,(H,30,34)(H,31,35). The Morgan fingerprint density at radius 2 is 1.62 bits per heavy atom. The monoisotopic (exact) mass is 493 g/mol. The number of aromatic nitrogens is 2. The first-order chi connectivity index (χ1) is 17.9. The van der Waals surface area contributed by atoms with E-state index in [-0.39, 0.29) is 12.0 Å². The van der Waals surface area contributed by atoms with Crippen LogP contribution in [0, 0.1) is 18.3 Å². The van der Waals surface area contributed by atoms with Crippen LogP contribution in [0.15, 0.2) is 84.9 Å². The number of benzene rings is 3. The van der Waals surface area contributed by atoms with E-state index in [1.807, 2.05) is 61.5 Å². The topological polar surface area (TPSA) is 126 Å². The van der Waals surface area contributed by atoms with Gasteiger partial charge in [-0.15, -0.1) is 0 Å². The van der Waals surface area contributed by atoms with Crippen molar-refractivity contribution in [2.75, 3.05) is 17.2 Å². The molecule has 0 spiro atoms. The molecule has 0 aliphatic rings. The fraction of sp³-hybridized carbons (Fsp3) is 0.107. The minimum absolute atomic E-state index is 0.210. The van der Waals surface area contributed by atoms with Gasteiger partial charge < -0.3 is 15.4 Å². The summed E-state index contributed by atoms with van der Waals surface area (Å²) in [6.45, 7) is 1.50. The number of nitrogens with one attached hydrogen (secondary N) is 2. The Hall–Kier alpha value is -5.23. The Labute approximate surface area is 213 Å². The summed E-state index contributed by atoms with van der Waals surface area (Å²) in [5, 5.41) is 18.5. The number of para-hydroxylation sites is 1. The number of carbonyl (C=O) groups excluding carboxylic acids is 3. The zero-order valence-electron chi connectivity index (χ0n) is 20.0. The van der Waals surface area contributed by atoms with Crippen LogP contribution in [0.4, 0.5) is 11.5 Å². The highest BCUT2D eigenvalue weighted by molar-refractivity contribution is 5.96. The molecule has 184 valence electrons. The van der Waals surface area contributed by atoms with E-state index in [0.29, 0.717) is 17.2 Å². The summed E-state index contributed by atoms with van der Waals surface area (Å²) in [7, 11) is 0. The smallest absolute Gasteiger partial charge is 0.338 e. The molecule has 9 nitrogen and oxygen atoms in total. The molecule has 37 heavy (non-hydrogen) atoms. The summed E-state index contributed by atoms with van der Waals surface area (Å²) >= 11 is 0. The van der Waals surface area contributed by atoms with Gasteiger partial charge in [0.2, 0.25) is 5.91 Å². The number of aryl methyl sites for hydroxylation is 1. The van der Waals surface area contributed by atoms with Crippen LogP contribution in [0.25, 0.3) is 16.9 Å². The van der Waals surface area contributed by atoms with Crippen molar-refractivity contribution in [2.45, 2.75) is 13.3 Å². The van der Waals surface area contributed by atoms with Crippen LogP contribution in [0.3, 0.4) is 0 Å². The molecule has 0 aliphatic carbocycles.